The number of amides is 1. The number of rotatable bonds is 13. The second-order valence-electron chi connectivity index (χ2n) is 5.28. The van der Waals surface area contributed by atoms with E-state index in [9.17, 15) is 14.7 Å². The molecule has 0 aromatic carbocycles. The monoisotopic (exact) mass is 335 g/mol. The number of aliphatic hydroxyl groups excluding tert-OH is 1. The number of carbonyl (C=O) groups is 2. The topological polar surface area (TPSA) is 103 Å². The van der Waals surface area contributed by atoms with Crippen LogP contribution in [0.25, 0.3) is 0 Å². The van der Waals surface area contributed by atoms with Gasteiger partial charge in [-0.1, -0.05) is 13.8 Å². The van der Waals surface area contributed by atoms with Crippen molar-refractivity contribution in [2.75, 3.05) is 46.7 Å². The number of ether oxygens (including phenoxy) is 4. The number of methoxy groups -OCH3 is 1. The summed E-state index contributed by atoms with van der Waals surface area (Å²) in [7, 11) is 1.52. The molecule has 0 saturated carbocycles. The highest BCUT2D eigenvalue weighted by Gasteiger charge is 2.08. The van der Waals surface area contributed by atoms with Crippen LogP contribution in [0.5, 0.6) is 0 Å². The number of alkyl carbamates (subject to hydrolysis) is 1. The molecule has 0 aliphatic heterocycles. The standard InChI is InChI=1S/C15H29NO7/c1-12(2)14(18)22-8-9-23-15(19)16-6-4-5-7-21-11-13(17)10-20-3/h12-13,17H,4-11H2,1-3H3,(H,16,19)/t13-/m0/s1. The summed E-state index contributed by atoms with van der Waals surface area (Å²) in [5.41, 5.74) is 0. The van der Waals surface area contributed by atoms with Crippen LogP contribution < -0.4 is 5.32 Å². The van der Waals surface area contributed by atoms with Gasteiger partial charge in [-0.3, -0.25) is 4.79 Å². The quantitative estimate of drug-likeness (QED) is 0.377. The van der Waals surface area contributed by atoms with Crippen molar-refractivity contribution < 1.29 is 33.6 Å². The molecule has 1 amide bonds. The fourth-order valence-corrected chi connectivity index (χ4v) is 1.47. The maximum absolute atomic E-state index is 11.3. The molecule has 0 heterocycles. The Bertz CT molecular complexity index is 323. The fraction of sp³-hybridized carbons (Fsp3) is 0.867. The van der Waals surface area contributed by atoms with Crippen LogP contribution in [-0.2, 0) is 23.7 Å². The van der Waals surface area contributed by atoms with Gasteiger partial charge in [0.15, 0.2) is 0 Å². The highest BCUT2D eigenvalue weighted by Crippen LogP contribution is 1.95. The minimum atomic E-state index is -0.613. The Kier molecular flexibility index (Phi) is 13.4. The number of nitrogens with one attached hydrogen (secondary N) is 1. The van der Waals surface area contributed by atoms with E-state index in [0.29, 0.717) is 13.2 Å². The maximum atomic E-state index is 11.3. The van der Waals surface area contributed by atoms with Gasteiger partial charge in [0.05, 0.1) is 19.1 Å². The van der Waals surface area contributed by atoms with E-state index < -0.39 is 12.2 Å². The van der Waals surface area contributed by atoms with Gasteiger partial charge < -0.3 is 29.4 Å². The van der Waals surface area contributed by atoms with Gasteiger partial charge in [0.1, 0.15) is 19.3 Å². The second kappa shape index (κ2) is 14.2. The summed E-state index contributed by atoms with van der Waals surface area (Å²) in [6.45, 7) is 5.01. The average Bonchev–Trinajstić information content (AvgIpc) is 2.50. The Balaban J connectivity index is 3.35. The van der Waals surface area contributed by atoms with E-state index in [1.165, 1.54) is 7.11 Å². The predicted molar refractivity (Wildman–Crippen MR) is 83.1 cm³/mol. The molecule has 0 fully saturated rings. The molecule has 2 N–H and O–H groups in total. The molecule has 0 aliphatic carbocycles. The first-order chi connectivity index (χ1) is 11.0. The Morgan fingerprint density at radius 1 is 1.04 bits per heavy atom. The molecule has 0 saturated heterocycles. The molecule has 0 rings (SSSR count). The molecule has 1 atom stereocenters. The van der Waals surface area contributed by atoms with E-state index in [1.807, 2.05) is 0 Å². The van der Waals surface area contributed by atoms with Crippen molar-refractivity contribution in [1.29, 1.82) is 0 Å². The lowest BCUT2D eigenvalue weighted by Crippen LogP contribution is -2.27. The molecule has 0 aromatic rings. The number of hydrogen-bond acceptors (Lipinski definition) is 7. The molecule has 0 radical (unpaired) electrons. The smallest absolute Gasteiger partial charge is 0.407 e. The van der Waals surface area contributed by atoms with Crippen LogP contribution in [0.1, 0.15) is 26.7 Å². The van der Waals surface area contributed by atoms with Crippen LogP contribution in [0.2, 0.25) is 0 Å². The lowest BCUT2D eigenvalue weighted by molar-refractivity contribution is -0.148. The number of hydrogen-bond donors (Lipinski definition) is 2. The summed E-state index contributed by atoms with van der Waals surface area (Å²) in [5, 5.41) is 11.9. The second-order valence-corrected chi connectivity index (χ2v) is 5.28. The molecule has 0 unspecified atom stereocenters. The number of aliphatic hydroxyl groups is 1. The molecule has 0 spiro atoms. The van der Waals surface area contributed by atoms with E-state index in [1.54, 1.807) is 13.8 Å². The maximum Gasteiger partial charge on any atom is 0.407 e. The minimum absolute atomic E-state index is 0.0325. The summed E-state index contributed by atoms with van der Waals surface area (Å²) in [6, 6.07) is 0. The SMILES string of the molecule is COC[C@H](O)COCCCCNC(=O)OCCOC(=O)C(C)C. The van der Waals surface area contributed by atoms with Crippen molar-refractivity contribution in [2.45, 2.75) is 32.8 Å². The van der Waals surface area contributed by atoms with Gasteiger partial charge in [-0.2, -0.15) is 0 Å². The van der Waals surface area contributed by atoms with Gasteiger partial charge in [0, 0.05) is 20.3 Å². The lowest BCUT2D eigenvalue weighted by atomic mass is 10.2. The highest BCUT2D eigenvalue weighted by atomic mass is 16.6. The van der Waals surface area contributed by atoms with Crippen molar-refractivity contribution in [3.63, 3.8) is 0 Å². The first kappa shape index (κ1) is 21.6. The zero-order valence-corrected chi connectivity index (χ0v) is 14.2. The summed E-state index contributed by atoms with van der Waals surface area (Å²) in [4.78, 5) is 22.5. The zero-order chi connectivity index (χ0) is 17.5. The number of carbonyl (C=O) groups excluding carboxylic acids is 2. The molecule has 0 bridgehead atoms. The third-order valence-electron chi connectivity index (χ3n) is 2.69. The van der Waals surface area contributed by atoms with Crippen LogP contribution in [0.3, 0.4) is 0 Å². The summed E-state index contributed by atoms with van der Waals surface area (Å²) < 4.78 is 19.7. The van der Waals surface area contributed by atoms with Crippen LogP contribution in [0.15, 0.2) is 0 Å². The van der Waals surface area contributed by atoms with Crippen molar-refractivity contribution >= 4 is 12.1 Å². The van der Waals surface area contributed by atoms with Gasteiger partial charge >= 0.3 is 12.1 Å². The van der Waals surface area contributed by atoms with Crippen molar-refractivity contribution in [2.24, 2.45) is 5.92 Å². The molecule has 0 aromatic heterocycles. The molecule has 23 heavy (non-hydrogen) atoms. The summed E-state index contributed by atoms with van der Waals surface area (Å²) in [6.07, 6.45) is 0.337. The van der Waals surface area contributed by atoms with Gasteiger partial charge in [0.2, 0.25) is 0 Å². The van der Waals surface area contributed by atoms with Gasteiger partial charge in [-0.15, -0.1) is 0 Å². The Hall–Kier alpha value is -1.38. The number of esters is 1. The molecule has 8 nitrogen and oxygen atoms in total. The van der Waals surface area contributed by atoms with E-state index in [4.69, 9.17) is 18.9 Å². The van der Waals surface area contributed by atoms with Crippen LogP contribution in [0.4, 0.5) is 4.79 Å². The van der Waals surface area contributed by atoms with Crippen molar-refractivity contribution in [1.82, 2.24) is 5.32 Å². The summed E-state index contributed by atoms with van der Waals surface area (Å²) in [5.74, 6) is -0.508. The van der Waals surface area contributed by atoms with E-state index in [-0.39, 0.29) is 38.3 Å². The predicted octanol–water partition coefficient (Wildman–Crippen LogP) is 0.716. The third kappa shape index (κ3) is 14.0. The van der Waals surface area contributed by atoms with Gasteiger partial charge in [0.25, 0.3) is 0 Å². The Morgan fingerprint density at radius 3 is 2.39 bits per heavy atom. The number of unbranched alkanes of at least 4 members (excludes halogenated alkanes) is 1. The van der Waals surface area contributed by atoms with Crippen molar-refractivity contribution in [3.8, 4) is 0 Å². The highest BCUT2D eigenvalue weighted by molar-refractivity contribution is 5.71. The Morgan fingerprint density at radius 2 is 1.74 bits per heavy atom. The van der Waals surface area contributed by atoms with Crippen LogP contribution >= 0.6 is 0 Å². The molecule has 136 valence electrons. The molecular formula is C15H29NO7. The van der Waals surface area contributed by atoms with Gasteiger partial charge in [-0.25, -0.2) is 4.79 Å². The van der Waals surface area contributed by atoms with Crippen LogP contribution in [0, 0.1) is 5.92 Å². The minimum Gasteiger partial charge on any atom is -0.462 e. The Labute approximate surface area is 137 Å². The first-order valence-electron chi connectivity index (χ1n) is 7.79. The first-order valence-corrected chi connectivity index (χ1v) is 7.79. The largest absolute Gasteiger partial charge is 0.462 e. The van der Waals surface area contributed by atoms with E-state index >= 15 is 0 Å². The molecular weight excluding hydrogens is 306 g/mol. The van der Waals surface area contributed by atoms with E-state index in [2.05, 4.69) is 5.32 Å². The molecule has 0 aliphatic rings. The zero-order valence-electron chi connectivity index (χ0n) is 14.2. The average molecular weight is 335 g/mol. The summed E-state index contributed by atoms with van der Waals surface area (Å²) >= 11 is 0. The fourth-order valence-electron chi connectivity index (χ4n) is 1.47. The lowest BCUT2D eigenvalue weighted by Gasteiger charge is -2.10. The van der Waals surface area contributed by atoms with Crippen molar-refractivity contribution in [3.05, 3.63) is 0 Å². The normalized spacial score (nSPS) is 12.0. The molecule has 8 heteroatoms. The van der Waals surface area contributed by atoms with Gasteiger partial charge in [-0.05, 0) is 12.8 Å². The van der Waals surface area contributed by atoms with Crippen LogP contribution in [-0.4, -0.2) is 70.0 Å². The van der Waals surface area contributed by atoms with E-state index in [0.717, 1.165) is 12.8 Å². The third-order valence-corrected chi connectivity index (χ3v) is 2.69.